The van der Waals surface area contributed by atoms with Gasteiger partial charge in [-0.1, -0.05) is 48.9 Å². The van der Waals surface area contributed by atoms with Gasteiger partial charge in [0, 0.05) is 5.02 Å². The van der Waals surface area contributed by atoms with Crippen molar-refractivity contribution in [1.82, 2.24) is 5.32 Å². The van der Waals surface area contributed by atoms with Crippen LogP contribution >= 0.6 is 11.6 Å². The van der Waals surface area contributed by atoms with Gasteiger partial charge in [-0.15, -0.1) is 0 Å². The molecule has 112 valence electrons. The third-order valence-corrected chi connectivity index (χ3v) is 4.07. The molecule has 1 atom stereocenters. The number of hydrogen-bond acceptors (Lipinski definition) is 2. The highest BCUT2D eigenvalue weighted by Crippen LogP contribution is 2.31. The first-order valence-corrected chi connectivity index (χ1v) is 7.67. The average Bonchev–Trinajstić information content (AvgIpc) is 2.52. The topological polar surface area (TPSA) is 21.3 Å². The Kier molecular flexibility index (Phi) is 5.66. The van der Waals surface area contributed by atoms with Crippen molar-refractivity contribution in [2.24, 2.45) is 0 Å². The van der Waals surface area contributed by atoms with Gasteiger partial charge in [-0.05, 0) is 48.7 Å². The number of methoxy groups -OCH3 is 1. The lowest BCUT2D eigenvalue weighted by atomic mass is 9.96. The van der Waals surface area contributed by atoms with Crippen LogP contribution in [0.3, 0.4) is 0 Å². The molecule has 2 aromatic rings. The Hall–Kier alpha value is -1.51. The highest BCUT2D eigenvalue weighted by atomic mass is 35.5. The zero-order chi connectivity index (χ0) is 15.2. The van der Waals surface area contributed by atoms with E-state index in [1.165, 1.54) is 0 Å². The lowest BCUT2D eigenvalue weighted by Gasteiger charge is -2.22. The van der Waals surface area contributed by atoms with E-state index in [0.717, 1.165) is 40.4 Å². The Morgan fingerprint density at radius 2 is 1.95 bits per heavy atom. The second kappa shape index (κ2) is 7.48. The summed E-state index contributed by atoms with van der Waals surface area (Å²) in [5.41, 5.74) is 3.37. The van der Waals surface area contributed by atoms with Crippen molar-refractivity contribution in [2.45, 2.75) is 26.3 Å². The molecule has 0 saturated carbocycles. The van der Waals surface area contributed by atoms with Crippen molar-refractivity contribution >= 4 is 11.6 Å². The summed E-state index contributed by atoms with van der Waals surface area (Å²) in [5, 5.41) is 4.41. The number of aryl methyl sites for hydroxylation is 1. The molecule has 0 spiro atoms. The van der Waals surface area contributed by atoms with E-state index in [4.69, 9.17) is 16.3 Å². The molecule has 1 unspecified atom stereocenters. The normalized spacial score (nSPS) is 12.2. The van der Waals surface area contributed by atoms with Gasteiger partial charge >= 0.3 is 0 Å². The van der Waals surface area contributed by atoms with Crippen LogP contribution in [0.25, 0.3) is 0 Å². The molecule has 0 fully saturated rings. The highest BCUT2D eigenvalue weighted by Gasteiger charge is 2.17. The van der Waals surface area contributed by atoms with Crippen molar-refractivity contribution in [3.63, 3.8) is 0 Å². The molecule has 1 N–H and O–H groups in total. The van der Waals surface area contributed by atoms with Gasteiger partial charge in [-0.2, -0.15) is 0 Å². The lowest BCUT2D eigenvalue weighted by molar-refractivity contribution is 0.413. The minimum atomic E-state index is 0.0763. The molecule has 21 heavy (non-hydrogen) atoms. The van der Waals surface area contributed by atoms with Crippen LogP contribution < -0.4 is 10.1 Å². The summed E-state index contributed by atoms with van der Waals surface area (Å²) in [6.45, 7) is 5.13. The van der Waals surface area contributed by atoms with Crippen molar-refractivity contribution in [2.75, 3.05) is 13.7 Å². The van der Waals surface area contributed by atoms with Crippen LogP contribution in [0.1, 0.15) is 36.1 Å². The molecule has 2 aromatic carbocycles. The zero-order valence-corrected chi connectivity index (χ0v) is 13.6. The third-order valence-electron chi connectivity index (χ3n) is 3.56. The fourth-order valence-electron chi connectivity index (χ4n) is 2.41. The molecule has 2 nitrogen and oxygen atoms in total. The lowest BCUT2D eigenvalue weighted by Crippen LogP contribution is -2.23. The van der Waals surface area contributed by atoms with Gasteiger partial charge in [0.2, 0.25) is 0 Å². The number of benzene rings is 2. The molecule has 0 bridgehead atoms. The van der Waals surface area contributed by atoms with Gasteiger partial charge < -0.3 is 10.1 Å². The van der Waals surface area contributed by atoms with Crippen molar-refractivity contribution in [3.8, 4) is 5.75 Å². The van der Waals surface area contributed by atoms with Crippen LogP contribution in [-0.4, -0.2) is 13.7 Å². The van der Waals surface area contributed by atoms with Crippen LogP contribution in [0, 0.1) is 6.92 Å². The van der Waals surface area contributed by atoms with Crippen molar-refractivity contribution < 1.29 is 4.74 Å². The van der Waals surface area contributed by atoms with Crippen LogP contribution in [0.4, 0.5) is 0 Å². The summed E-state index contributed by atoms with van der Waals surface area (Å²) < 4.78 is 5.34. The van der Waals surface area contributed by atoms with Crippen molar-refractivity contribution in [3.05, 3.63) is 64.2 Å². The zero-order valence-electron chi connectivity index (χ0n) is 12.8. The number of rotatable bonds is 6. The molecule has 0 radical (unpaired) electrons. The molecule has 0 aliphatic carbocycles. The first-order valence-electron chi connectivity index (χ1n) is 7.29. The molecule has 0 aliphatic heterocycles. The molecular weight excluding hydrogens is 282 g/mol. The number of ether oxygens (including phenoxy) is 1. The van der Waals surface area contributed by atoms with Gasteiger partial charge in [-0.3, -0.25) is 0 Å². The maximum Gasteiger partial charge on any atom is 0.119 e. The van der Waals surface area contributed by atoms with Crippen molar-refractivity contribution in [1.29, 1.82) is 0 Å². The number of halogens is 1. The molecule has 0 saturated heterocycles. The molecule has 2 rings (SSSR count). The predicted molar refractivity (Wildman–Crippen MR) is 89.3 cm³/mol. The molecule has 0 heterocycles. The molecule has 0 aromatic heterocycles. The van der Waals surface area contributed by atoms with Gasteiger partial charge in [0.1, 0.15) is 5.75 Å². The van der Waals surface area contributed by atoms with Gasteiger partial charge in [0.15, 0.2) is 0 Å². The average molecular weight is 304 g/mol. The number of nitrogens with one attached hydrogen (secondary N) is 1. The second-order valence-corrected chi connectivity index (χ2v) is 5.52. The summed E-state index contributed by atoms with van der Waals surface area (Å²) >= 11 is 6.52. The molecule has 0 aliphatic rings. The van der Waals surface area contributed by atoms with E-state index in [2.05, 4.69) is 36.5 Å². The van der Waals surface area contributed by atoms with E-state index in [1.807, 2.05) is 25.1 Å². The molecular formula is C18H22ClNO. The SMILES string of the molecule is CCCNC(c1cccc(OC)c1)c1cccc(C)c1Cl. The summed E-state index contributed by atoms with van der Waals surface area (Å²) in [5.74, 6) is 0.861. The Bertz CT molecular complexity index is 598. The number of hydrogen-bond donors (Lipinski definition) is 1. The quantitative estimate of drug-likeness (QED) is 0.832. The fourth-order valence-corrected chi connectivity index (χ4v) is 2.65. The van der Waals surface area contributed by atoms with E-state index in [0.29, 0.717) is 0 Å². The van der Waals surface area contributed by atoms with Gasteiger partial charge in [0.25, 0.3) is 0 Å². The van der Waals surface area contributed by atoms with E-state index in [1.54, 1.807) is 7.11 Å². The van der Waals surface area contributed by atoms with Gasteiger partial charge in [-0.25, -0.2) is 0 Å². The highest BCUT2D eigenvalue weighted by molar-refractivity contribution is 6.32. The minimum absolute atomic E-state index is 0.0763. The van der Waals surface area contributed by atoms with Crippen LogP contribution in [0.5, 0.6) is 5.75 Å². The predicted octanol–water partition coefficient (Wildman–Crippen LogP) is 4.75. The Morgan fingerprint density at radius 1 is 1.19 bits per heavy atom. The van der Waals surface area contributed by atoms with Crippen LogP contribution in [0.2, 0.25) is 5.02 Å². The summed E-state index contributed by atoms with van der Waals surface area (Å²) in [6, 6.07) is 14.4. The molecule has 0 amide bonds. The van der Waals surface area contributed by atoms with E-state index < -0.39 is 0 Å². The summed E-state index contributed by atoms with van der Waals surface area (Å²) in [4.78, 5) is 0. The van der Waals surface area contributed by atoms with E-state index in [9.17, 15) is 0 Å². The Balaban J connectivity index is 2.44. The Morgan fingerprint density at radius 3 is 2.67 bits per heavy atom. The fraction of sp³-hybridized carbons (Fsp3) is 0.333. The largest absolute Gasteiger partial charge is 0.497 e. The summed E-state index contributed by atoms with van der Waals surface area (Å²) in [7, 11) is 1.69. The standard InChI is InChI=1S/C18H22ClNO/c1-4-11-20-18(14-8-6-9-15(12-14)21-3)16-10-5-7-13(2)17(16)19/h5-10,12,18,20H,4,11H2,1-3H3. The Labute approximate surface area is 132 Å². The molecule has 3 heteroatoms. The van der Waals surface area contributed by atoms with Crippen LogP contribution in [0.15, 0.2) is 42.5 Å². The minimum Gasteiger partial charge on any atom is -0.497 e. The summed E-state index contributed by atoms with van der Waals surface area (Å²) in [6.07, 6.45) is 1.07. The monoisotopic (exact) mass is 303 g/mol. The van der Waals surface area contributed by atoms with E-state index >= 15 is 0 Å². The smallest absolute Gasteiger partial charge is 0.119 e. The first-order chi connectivity index (χ1) is 10.2. The van der Waals surface area contributed by atoms with E-state index in [-0.39, 0.29) is 6.04 Å². The third kappa shape index (κ3) is 3.78. The van der Waals surface area contributed by atoms with Crippen LogP contribution in [-0.2, 0) is 0 Å². The maximum absolute atomic E-state index is 6.52. The second-order valence-electron chi connectivity index (χ2n) is 5.14. The first kappa shape index (κ1) is 15.9. The van der Waals surface area contributed by atoms with Gasteiger partial charge in [0.05, 0.1) is 13.2 Å². The maximum atomic E-state index is 6.52.